The molecule has 0 aromatic heterocycles. The summed E-state index contributed by atoms with van der Waals surface area (Å²) in [4.78, 5) is 29.0. The van der Waals surface area contributed by atoms with Crippen molar-refractivity contribution in [3.05, 3.63) is 47.5 Å². The number of aliphatic hydroxyl groups is 1. The Labute approximate surface area is 187 Å². The minimum atomic E-state index is -0.181. The third-order valence-electron chi connectivity index (χ3n) is 6.32. The number of nitrogens with zero attached hydrogens (tertiary/aromatic N) is 3. The van der Waals surface area contributed by atoms with E-state index in [0.717, 1.165) is 29.2 Å². The highest BCUT2D eigenvalue weighted by atomic mass is 16.3. The number of benzene rings is 2. The summed E-state index contributed by atoms with van der Waals surface area (Å²) in [7, 11) is 1.59. The number of hydrogen-bond donors (Lipinski definition) is 3. The van der Waals surface area contributed by atoms with Gasteiger partial charge in [0.25, 0.3) is 0 Å². The van der Waals surface area contributed by atoms with Gasteiger partial charge in [0.15, 0.2) is 0 Å². The van der Waals surface area contributed by atoms with Crippen molar-refractivity contribution in [3.63, 3.8) is 0 Å². The van der Waals surface area contributed by atoms with E-state index in [0.29, 0.717) is 31.6 Å². The van der Waals surface area contributed by atoms with Gasteiger partial charge in [-0.3, -0.25) is 0 Å². The first kappa shape index (κ1) is 21.9. The molecule has 8 nitrogen and oxygen atoms in total. The fraction of sp³-hybridized carbons (Fsp3) is 0.458. The molecule has 4 rings (SSSR count). The van der Waals surface area contributed by atoms with Gasteiger partial charge in [0.1, 0.15) is 0 Å². The van der Waals surface area contributed by atoms with Crippen molar-refractivity contribution in [2.45, 2.75) is 37.9 Å². The molecule has 2 aromatic rings. The highest BCUT2D eigenvalue weighted by molar-refractivity contribution is 5.84. The Bertz CT molecular complexity index is 1050. The van der Waals surface area contributed by atoms with Gasteiger partial charge in [-0.15, -0.1) is 0 Å². The van der Waals surface area contributed by atoms with Gasteiger partial charge in [-0.05, 0) is 53.8 Å². The van der Waals surface area contributed by atoms with Crippen molar-refractivity contribution in [2.75, 3.05) is 26.7 Å². The number of hydrogen-bond acceptors (Lipinski definition) is 4. The van der Waals surface area contributed by atoms with Crippen LogP contribution < -0.4 is 10.6 Å². The second-order valence-corrected chi connectivity index (χ2v) is 8.70. The molecule has 4 amide bonds. The zero-order chi connectivity index (χ0) is 22.7. The smallest absolute Gasteiger partial charge is 0.318 e. The van der Waals surface area contributed by atoms with E-state index in [2.05, 4.69) is 16.7 Å². The van der Waals surface area contributed by atoms with E-state index in [1.807, 2.05) is 35.2 Å². The number of likely N-dealkylation sites (tertiary alicyclic amines) is 1. The monoisotopic (exact) mass is 435 g/mol. The summed E-state index contributed by atoms with van der Waals surface area (Å²) in [5.41, 5.74) is 1.60. The summed E-state index contributed by atoms with van der Waals surface area (Å²) in [6.45, 7) is 1.36. The van der Waals surface area contributed by atoms with Crippen LogP contribution in [-0.2, 0) is 6.54 Å². The lowest BCUT2D eigenvalue weighted by Gasteiger charge is -2.42. The molecule has 0 bridgehead atoms. The molecule has 1 aliphatic heterocycles. The maximum atomic E-state index is 13.2. The zero-order valence-corrected chi connectivity index (χ0v) is 18.3. The molecule has 0 radical (unpaired) electrons. The number of fused-ring (bicyclic) bond motifs is 1. The first-order chi connectivity index (χ1) is 15.5. The number of rotatable bonds is 5. The second kappa shape index (κ2) is 9.45. The molecule has 3 N–H and O–H groups in total. The van der Waals surface area contributed by atoms with Crippen LogP contribution in [0.15, 0.2) is 36.4 Å². The Morgan fingerprint density at radius 1 is 1.16 bits per heavy atom. The largest absolute Gasteiger partial charge is 0.396 e. The maximum absolute atomic E-state index is 13.2. The standard InChI is InChI=1S/C24H29N5O3/c1-26-23(31)28-13-18(15-30)10-22(14-28)29(21-6-7-21)24(32)27-12-17-3-5-19-8-16(11-25)2-4-20(19)9-17/h2-5,8-9,18,21-22,30H,6-7,10,12-15H2,1H3,(H,26,31)(H,27,32). The number of nitriles is 1. The molecule has 2 atom stereocenters. The van der Waals surface area contributed by atoms with Gasteiger partial charge in [-0.25, -0.2) is 9.59 Å². The van der Waals surface area contributed by atoms with Crippen LogP contribution in [0.4, 0.5) is 9.59 Å². The third kappa shape index (κ3) is 4.78. The van der Waals surface area contributed by atoms with Gasteiger partial charge in [-0.2, -0.15) is 5.26 Å². The van der Waals surface area contributed by atoms with Gasteiger partial charge in [0.05, 0.1) is 17.7 Å². The molecular formula is C24H29N5O3. The molecule has 1 aliphatic carbocycles. The van der Waals surface area contributed by atoms with Crippen molar-refractivity contribution in [1.82, 2.24) is 20.4 Å². The van der Waals surface area contributed by atoms with E-state index in [-0.39, 0.29) is 36.7 Å². The fourth-order valence-corrected chi connectivity index (χ4v) is 4.56. The molecule has 1 saturated heterocycles. The first-order valence-electron chi connectivity index (χ1n) is 11.1. The molecule has 32 heavy (non-hydrogen) atoms. The highest BCUT2D eigenvalue weighted by Crippen LogP contribution is 2.32. The molecule has 2 fully saturated rings. The van der Waals surface area contributed by atoms with Crippen LogP contribution >= 0.6 is 0 Å². The van der Waals surface area contributed by atoms with Crippen LogP contribution in [0.25, 0.3) is 10.8 Å². The summed E-state index contributed by atoms with van der Waals surface area (Å²) in [6.07, 6.45) is 2.61. The minimum absolute atomic E-state index is 0.00523. The summed E-state index contributed by atoms with van der Waals surface area (Å²) >= 11 is 0. The van der Waals surface area contributed by atoms with Gasteiger partial charge < -0.3 is 25.5 Å². The van der Waals surface area contributed by atoms with Crippen LogP contribution in [0.2, 0.25) is 0 Å². The number of carbonyl (C=O) groups is 2. The third-order valence-corrected chi connectivity index (χ3v) is 6.32. The molecular weight excluding hydrogens is 406 g/mol. The van der Waals surface area contributed by atoms with Gasteiger partial charge in [0, 0.05) is 45.2 Å². The predicted molar refractivity (Wildman–Crippen MR) is 121 cm³/mol. The lowest BCUT2D eigenvalue weighted by molar-refractivity contribution is 0.0690. The molecule has 168 valence electrons. The van der Waals surface area contributed by atoms with Crippen LogP contribution in [0, 0.1) is 17.2 Å². The fourth-order valence-electron chi connectivity index (χ4n) is 4.56. The molecule has 0 spiro atoms. The van der Waals surface area contributed by atoms with E-state index in [1.54, 1.807) is 18.0 Å². The lowest BCUT2D eigenvalue weighted by atomic mass is 9.94. The highest BCUT2D eigenvalue weighted by Gasteiger charge is 2.41. The Balaban J connectivity index is 1.45. The Kier molecular flexibility index (Phi) is 6.47. The number of urea groups is 2. The van der Waals surface area contributed by atoms with E-state index in [4.69, 9.17) is 5.26 Å². The number of aliphatic hydroxyl groups excluding tert-OH is 1. The van der Waals surface area contributed by atoms with Crippen LogP contribution in [0.3, 0.4) is 0 Å². The first-order valence-corrected chi connectivity index (χ1v) is 11.1. The van der Waals surface area contributed by atoms with Gasteiger partial charge >= 0.3 is 12.1 Å². The van der Waals surface area contributed by atoms with E-state index >= 15 is 0 Å². The van der Waals surface area contributed by atoms with Crippen LogP contribution in [-0.4, -0.2) is 65.8 Å². The molecule has 2 unspecified atom stereocenters. The Hall–Kier alpha value is -3.31. The maximum Gasteiger partial charge on any atom is 0.318 e. The van der Waals surface area contributed by atoms with Crippen molar-refractivity contribution >= 4 is 22.8 Å². The quantitative estimate of drug-likeness (QED) is 0.670. The summed E-state index contributed by atoms with van der Waals surface area (Å²) in [6, 6.07) is 13.4. The van der Waals surface area contributed by atoms with Crippen LogP contribution in [0.5, 0.6) is 0 Å². The number of amides is 4. The molecule has 2 aromatic carbocycles. The SMILES string of the molecule is CNC(=O)N1CC(CO)CC(N(C(=O)NCc2ccc3cc(C#N)ccc3c2)C2CC2)C1. The average molecular weight is 436 g/mol. The second-order valence-electron chi connectivity index (χ2n) is 8.70. The zero-order valence-electron chi connectivity index (χ0n) is 18.3. The number of nitrogens with one attached hydrogen (secondary N) is 2. The van der Waals surface area contributed by atoms with E-state index < -0.39 is 0 Å². The Morgan fingerprint density at radius 2 is 1.91 bits per heavy atom. The minimum Gasteiger partial charge on any atom is -0.396 e. The van der Waals surface area contributed by atoms with Gasteiger partial charge in [-0.1, -0.05) is 18.2 Å². The van der Waals surface area contributed by atoms with Crippen molar-refractivity contribution in [2.24, 2.45) is 5.92 Å². The van der Waals surface area contributed by atoms with Crippen molar-refractivity contribution < 1.29 is 14.7 Å². The Morgan fingerprint density at radius 3 is 2.59 bits per heavy atom. The molecule has 1 saturated carbocycles. The molecule has 2 aliphatic rings. The summed E-state index contributed by atoms with van der Waals surface area (Å²) in [5, 5.41) is 26.5. The van der Waals surface area contributed by atoms with Crippen LogP contribution in [0.1, 0.15) is 30.4 Å². The average Bonchev–Trinajstić information content (AvgIpc) is 3.66. The normalized spacial score (nSPS) is 20.5. The molecule has 8 heteroatoms. The number of carbonyl (C=O) groups excluding carboxylic acids is 2. The topological polar surface area (TPSA) is 109 Å². The van der Waals surface area contributed by atoms with E-state index in [9.17, 15) is 14.7 Å². The predicted octanol–water partition coefficient (Wildman–Crippen LogP) is 2.41. The lowest BCUT2D eigenvalue weighted by Crippen LogP contribution is -2.58. The molecule has 1 heterocycles. The van der Waals surface area contributed by atoms with Crippen molar-refractivity contribution in [3.8, 4) is 6.07 Å². The summed E-state index contributed by atoms with van der Waals surface area (Å²) < 4.78 is 0. The van der Waals surface area contributed by atoms with E-state index in [1.165, 1.54) is 0 Å². The number of piperidine rings is 1. The van der Waals surface area contributed by atoms with Gasteiger partial charge in [0.2, 0.25) is 0 Å². The summed E-state index contributed by atoms with van der Waals surface area (Å²) in [5.74, 6) is -0.0427. The van der Waals surface area contributed by atoms with Crippen molar-refractivity contribution in [1.29, 1.82) is 5.26 Å².